The second-order valence-electron chi connectivity index (χ2n) is 12.8. The molecule has 1 aliphatic rings. The Hall–Kier alpha value is -5.96. The normalized spacial score (nSPS) is 13.1. The van der Waals surface area contributed by atoms with Gasteiger partial charge in [0.15, 0.2) is 0 Å². The highest BCUT2D eigenvalue weighted by atomic mass is 32.1. The second kappa shape index (κ2) is 11.1. The van der Waals surface area contributed by atoms with Crippen LogP contribution in [0.3, 0.4) is 0 Å². The van der Waals surface area contributed by atoms with Crippen LogP contribution >= 0.6 is 11.3 Å². The molecule has 10 rings (SSSR count). The highest BCUT2D eigenvalue weighted by Gasteiger charge is 2.46. The summed E-state index contributed by atoms with van der Waals surface area (Å²) in [7, 11) is 0. The van der Waals surface area contributed by atoms with E-state index in [9.17, 15) is 0 Å². The summed E-state index contributed by atoms with van der Waals surface area (Å²) >= 11 is 1.89. The van der Waals surface area contributed by atoms with Crippen molar-refractivity contribution in [1.29, 1.82) is 0 Å². The number of benzene rings is 8. The van der Waals surface area contributed by atoms with E-state index >= 15 is 0 Å². The molecule has 230 valence electrons. The molecule has 0 amide bonds. The fraction of sp³-hybridized carbons (Fsp3) is 0.0213. The van der Waals surface area contributed by atoms with Crippen LogP contribution < -0.4 is 4.90 Å². The van der Waals surface area contributed by atoms with Crippen molar-refractivity contribution in [2.75, 3.05) is 4.90 Å². The van der Waals surface area contributed by atoms with E-state index in [1.165, 1.54) is 70.0 Å². The topological polar surface area (TPSA) is 3.24 Å². The molecule has 0 aliphatic heterocycles. The van der Waals surface area contributed by atoms with Gasteiger partial charge in [0, 0.05) is 26.8 Å². The molecule has 0 radical (unpaired) electrons. The molecule has 0 fully saturated rings. The van der Waals surface area contributed by atoms with Gasteiger partial charge in [0.05, 0.1) is 15.8 Å². The van der Waals surface area contributed by atoms with Gasteiger partial charge in [0.1, 0.15) is 0 Å². The Kier molecular flexibility index (Phi) is 6.34. The van der Waals surface area contributed by atoms with Crippen LogP contribution in [-0.4, -0.2) is 0 Å². The van der Waals surface area contributed by atoms with Crippen LogP contribution in [-0.2, 0) is 5.41 Å². The zero-order valence-corrected chi connectivity index (χ0v) is 27.6. The van der Waals surface area contributed by atoms with Gasteiger partial charge < -0.3 is 4.90 Å². The summed E-state index contributed by atoms with van der Waals surface area (Å²) in [5.74, 6) is 0. The maximum atomic E-state index is 2.45. The van der Waals surface area contributed by atoms with Gasteiger partial charge in [-0.15, -0.1) is 11.3 Å². The van der Waals surface area contributed by atoms with E-state index in [1.807, 2.05) is 11.3 Å². The Balaban J connectivity index is 1.26. The molecule has 1 aromatic heterocycles. The Bertz CT molecular complexity index is 2630. The van der Waals surface area contributed by atoms with E-state index in [-0.39, 0.29) is 0 Å². The third-order valence-electron chi connectivity index (χ3n) is 10.3. The SMILES string of the molecule is c1ccc(N(c2cccc(C3(c4ccccc4)c4ccccc4-c4ccccc43)c2)c2cccc3c2sc2ccc4ccccc4c23)cc1. The summed E-state index contributed by atoms with van der Waals surface area (Å²) in [6, 6.07) is 69.2. The van der Waals surface area contributed by atoms with E-state index in [4.69, 9.17) is 0 Å². The Labute approximate surface area is 290 Å². The maximum Gasteiger partial charge on any atom is 0.0714 e. The second-order valence-corrected chi connectivity index (χ2v) is 13.9. The lowest BCUT2D eigenvalue weighted by Gasteiger charge is -2.35. The van der Waals surface area contributed by atoms with Gasteiger partial charge in [0.2, 0.25) is 0 Å². The zero-order chi connectivity index (χ0) is 32.4. The van der Waals surface area contributed by atoms with Crippen molar-refractivity contribution >= 4 is 59.3 Å². The summed E-state index contributed by atoms with van der Waals surface area (Å²) in [4.78, 5) is 2.45. The number of fused-ring (bicyclic) bond motifs is 8. The van der Waals surface area contributed by atoms with Gasteiger partial charge in [-0.1, -0.05) is 152 Å². The number of hydrogen-bond acceptors (Lipinski definition) is 2. The molecule has 0 saturated carbocycles. The lowest BCUT2D eigenvalue weighted by molar-refractivity contribution is 0.768. The van der Waals surface area contributed by atoms with Crippen LogP contribution in [0.4, 0.5) is 17.1 Å². The summed E-state index contributed by atoms with van der Waals surface area (Å²) in [5.41, 5.74) is 10.8. The lowest BCUT2D eigenvalue weighted by Crippen LogP contribution is -2.28. The number of hydrogen-bond donors (Lipinski definition) is 0. The molecular formula is C47H31NS. The van der Waals surface area contributed by atoms with Crippen molar-refractivity contribution in [2.24, 2.45) is 0 Å². The quantitative estimate of drug-likeness (QED) is 0.181. The van der Waals surface area contributed by atoms with Crippen molar-refractivity contribution in [3.05, 3.63) is 210 Å². The average molecular weight is 642 g/mol. The van der Waals surface area contributed by atoms with Gasteiger partial charge in [-0.25, -0.2) is 0 Å². The minimum atomic E-state index is -0.463. The third kappa shape index (κ3) is 4.11. The monoisotopic (exact) mass is 641 g/mol. The standard InChI is InChI=1S/C47H31NS/c1-3-16-33(17-4-1)47(41-26-11-9-23-38(41)39-24-10-12-27-42(39)47)34-18-13-21-36(31-34)48(35-19-5-2-6-20-35)43-28-14-25-40-45-37-22-8-7-15-32(37)29-30-44(45)49-46(40)43/h1-31H. The van der Waals surface area contributed by atoms with Gasteiger partial charge in [-0.2, -0.15) is 0 Å². The molecular weight excluding hydrogens is 611 g/mol. The molecule has 1 aliphatic carbocycles. The van der Waals surface area contributed by atoms with Crippen LogP contribution in [0.2, 0.25) is 0 Å². The minimum Gasteiger partial charge on any atom is -0.309 e. The van der Waals surface area contributed by atoms with E-state index in [0.29, 0.717) is 0 Å². The van der Waals surface area contributed by atoms with Gasteiger partial charge >= 0.3 is 0 Å². The highest BCUT2D eigenvalue weighted by molar-refractivity contribution is 7.26. The van der Waals surface area contributed by atoms with E-state index < -0.39 is 5.41 Å². The molecule has 9 aromatic rings. The number of para-hydroxylation sites is 1. The molecule has 0 atom stereocenters. The highest BCUT2D eigenvalue weighted by Crippen LogP contribution is 2.57. The van der Waals surface area contributed by atoms with E-state index in [2.05, 4.69) is 193 Å². The molecule has 49 heavy (non-hydrogen) atoms. The number of thiophene rings is 1. The van der Waals surface area contributed by atoms with Crippen molar-refractivity contribution in [3.63, 3.8) is 0 Å². The van der Waals surface area contributed by atoms with Crippen molar-refractivity contribution in [3.8, 4) is 11.1 Å². The molecule has 0 bridgehead atoms. The van der Waals surface area contributed by atoms with Crippen molar-refractivity contribution < 1.29 is 0 Å². The first-order valence-electron chi connectivity index (χ1n) is 16.9. The minimum absolute atomic E-state index is 0.463. The maximum absolute atomic E-state index is 2.45. The first-order chi connectivity index (χ1) is 24.3. The lowest BCUT2D eigenvalue weighted by atomic mass is 9.67. The molecule has 1 nitrogen and oxygen atoms in total. The fourth-order valence-electron chi connectivity index (χ4n) is 8.32. The summed E-state index contributed by atoms with van der Waals surface area (Å²) < 4.78 is 2.60. The largest absolute Gasteiger partial charge is 0.309 e. The summed E-state index contributed by atoms with van der Waals surface area (Å²) in [6.07, 6.45) is 0. The molecule has 0 saturated heterocycles. The van der Waals surface area contributed by atoms with Gasteiger partial charge in [0.25, 0.3) is 0 Å². The zero-order valence-electron chi connectivity index (χ0n) is 26.8. The summed E-state index contributed by atoms with van der Waals surface area (Å²) in [6.45, 7) is 0. The summed E-state index contributed by atoms with van der Waals surface area (Å²) in [5, 5.41) is 5.21. The first-order valence-corrected chi connectivity index (χ1v) is 17.7. The van der Waals surface area contributed by atoms with Crippen LogP contribution in [0.15, 0.2) is 188 Å². The van der Waals surface area contributed by atoms with Crippen LogP contribution in [0.25, 0.3) is 42.1 Å². The van der Waals surface area contributed by atoms with Crippen LogP contribution in [0, 0.1) is 0 Å². The molecule has 2 heteroatoms. The van der Waals surface area contributed by atoms with Gasteiger partial charge in [-0.05, 0) is 80.6 Å². The Morgan fingerprint density at radius 3 is 1.80 bits per heavy atom. The predicted octanol–water partition coefficient (Wildman–Crippen LogP) is 13.0. The molecule has 1 heterocycles. The fourth-order valence-corrected chi connectivity index (χ4v) is 9.55. The number of nitrogens with zero attached hydrogens (tertiary/aromatic N) is 1. The predicted molar refractivity (Wildman–Crippen MR) is 209 cm³/mol. The number of rotatable bonds is 5. The smallest absolute Gasteiger partial charge is 0.0714 e. The molecule has 0 unspecified atom stereocenters. The van der Waals surface area contributed by atoms with Gasteiger partial charge in [-0.3, -0.25) is 0 Å². The van der Waals surface area contributed by atoms with Crippen molar-refractivity contribution in [2.45, 2.75) is 5.41 Å². The first kappa shape index (κ1) is 28.1. The number of anilines is 3. The Morgan fingerprint density at radius 1 is 0.429 bits per heavy atom. The molecule has 0 N–H and O–H groups in total. The van der Waals surface area contributed by atoms with E-state index in [1.54, 1.807) is 0 Å². The Morgan fingerprint density at radius 2 is 1.02 bits per heavy atom. The van der Waals surface area contributed by atoms with Crippen LogP contribution in [0.1, 0.15) is 22.3 Å². The third-order valence-corrected chi connectivity index (χ3v) is 11.5. The van der Waals surface area contributed by atoms with Crippen molar-refractivity contribution in [1.82, 2.24) is 0 Å². The molecule has 0 spiro atoms. The van der Waals surface area contributed by atoms with Crippen LogP contribution in [0.5, 0.6) is 0 Å². The average Bonchev–Trinajstić information content (AvgIpc) is 3.71. The molecule has 8 aromatic carbocycles. The van der Waals surface area contributed by atoms with E-state index in [0.717, 1.165) is 11.4 Å².